The third-order valence-electron chi connectivity index (χ3n) is 1.27. The monoisotopic (exact) mass is 206 g/mol. The number of hydrogen-bond acceptors (Lipinski definition) is 4. The minimum absolute atomic E-state index is 0.0556. The second-order valence-corrected chi connectivity index (χ2v) is 3.05. The second kappa shape index (κ2) is 8.46. The van der Waals surface area contributed by atoms with Crippen LogP contribution in [0.15, 0.2) is 0 Å². The second-order valence-electron chi connectivity index (χ2n) is 3.05. The first kappa shape index (κ1) is 15.3. The summed E-state index contributed by atoms with van der Waals surface area (Å²) >= 11 is 0. The summed E-state index contributed by atoms with van der Waals surface area (Å²) in [6.07, 6.45) is 0.0556. The molecule has 0 radical (unpaired) electrons. The topological polar surface area (TPSA) is 127 Å². The van der Waals surface area contributed by atoms with E-state index < -0.39 is 17.9 Å². The normalized spacial score (nSPS) is 13.4. The maximum atomic E-state index is 9.85. The van der Waals surface area contributed by atoms with Gasteiger partial charge >= 0.3 is 11.9 Å². The van der Waals surface area contributed by atoms with E-state index in [0.29, 0.717) is 0 Å². The Labute approximate surface area is 82.9 Å². The molecule has 0 aromatic rings. The van der Waals surface area contributed by atoms with Crippen molar-refractivity contribution in [2.24, 2.45) is 17.4 Å². The molecule has 0 amide bonds. The molecule has 84 valence electrons. The molecule has 0 aliphatic heterocycles. The Balaban J connectivity index is 0. The van der Waals surface area contributed by atoms with Gasteiger partial charge in [-0.3, -0.25) is 9.59 Å². The van der Waals surface area contributed by atoms with Crippen LogP contribution in [-0.4, -0.2) is 34.7 Å². The Morgan fingerprint density at radius 1 is 1.29 bits per heavy atom. The van der Waals surface area contributed by atoms with Gasteiger partial charge in [-0.1, -0.05) is 6.92 Å². The summed E-state index contributed by atoms with van der Waals surface area (Å²) in [6, 6.07) is -0.225. The summed E-state index contributed by atoms with van der Waals surface area (Å²) in [7, 11) is 0. The molecule has 2 atom stereocenters. The molecule has 0 aromatic carbocycles. The summed E-state index contributed by atoms with van der Waals surface area (Å²) in [5, 5.41) is 16.1. The maximum absolute atomic E-state index is 9.85. The molecule has 6 N–H and O–H groups in total. The van der Waals surface area contributed by atoms with Crippen molar-refractivity contribution in [1.82, 2.24) is 0 Å². The number of rotatable bonds is 4. The number of carboxylic acid groups (broad SMARTS) is 2. The van der Waals surface area contributed by atoms with Gasteiger partial charge < -0.3 is 21.7 Å². The third-order valence-corrected chi connectivity index (χ3v) is 1.27. The fourth-order valence-electron chi connectivity index (χ4n) is 0.376. The number of carbonyl (C=O) groups is 2. The zero-order valence-electron chi connectivity index (χ0n) is 8.43. The molecule has 0 fully saturated rings. The van der Waals surface area contributed by atoms with Crippen LogP contribution in [0.3, 0.4) is 0 Å². The molecule has 0 aliphatic carbocycles. The largest absolute Gasteiger partial charge is 0.481 e. The van der Waals surface area contributed by atoms with Crippen LogP contribution in [0.1, 0.15) is 20.3 Å². The van der Waals surface area contributed by atoms with Crippen molar-refractivity contribution < 1.29 is 19.8 Å². The summed E-state index contributed by atoms with van der Waals surface area (Å²) in [6.45, 7) is 3.45. The van der Waals surface area contributed by atoms with Crippen LogP contribution >= 0.6 is 0 Å². The first-order chi connectivity index (χ1) is 6.31. The molecule has 0 saturated carbocycles. The Hall–Kier alpha value is -1.14. The first-order valence-electron chi connectivity index (χ1n) is 4.21. The van der Waals surface area contributed by atoms with Crippen LogP contribution in [0.2, 0.25) is 0 Å². The average Bonchev–Trinajstić information content (AvgIpc) is 2.01. The van der Waals surface area contributed by atoms with E-state index in [1.54, 1.807) is 13.8 Å². The third kappa shape index (κ3) is 13.4. The maximum Gasteiger partial charge on any atom is 0.307 e. The van der Waals surface area contributed by atoms with E-state index in [-0.39, 0.29) is 19.0 Å². The lowest BCUT2D eigenvalue weighted by atomic mass is 10.2. The van der Waals surface area contributed by atoms with Gasteiger partial charge in [0, 0.05) is 12.6 Å². The highest BCUT2D eigenvalue weighted by Crippen LogP contribution is 1.87. The van der Waals surface area contributed by atoms with Crippen LogP contribution in [0, 0.1) is 5.92 Å². The van der Waals surface area contributed by atoms with Crippen LogP contribution in [0.4, 0.5) is 0 Å². The van der Waals surface area contributed by atoms with E-state index >= 15 is 0 Å². The van der Waals surface area contributed by atoms with Gasteiger partial charge in [0.2, 0.25) is 0 Å². The van der Waals surface area contributed by atoms with Gasteiger partial charge in [0.1, 0.15) is 0 Å². The molecule has 0 saturated heterocycles. The van der Waals surface area contributed by atoms with E-state index in [2.05, 4.69) is 0 Å². The van der Waals surface area contributed by atoms with Crippen molar-refractivity contribution in [3.05, 3.63) is 0 Å². The van der Waals surface area contributed by atoms with E-state index in [0.717, 1.165) is 0 Å². The minimum atomic E-state index is -0.838. The van der Waals surface area contributed by atoms with Gasteiger partial charge in [-0.2, -0.15) is 0 Å². The summed E-state index contributed by atoms with van der Waals surface area (Å²) in [4.78, 5) is 19.6. The highest BCUT2D eigenvalue weighted by molar-refractivity contribution is 5.69. The molecule has 2 unspecified atom stereocenters. The molecule has 14 heavy (non-hydrogen) atoms. The fraction of sp³-hybridized carbons (Fsp3) is 0.750. The molecule has 6 heteroatoms. The molecule has 0 spiro atoms. The SMILES string of the molecule is CC(CN)C(=O)O.CC(N)CC(=O)O. The van der Waals surface area contributed by atoms with Gasteiger partial charge in [0.25, 0.3) is 0 Å². The summed E-state index contributed by atoms with van der Waals surface area (Å²) in [5.41, 5.74) is 10.1. The van der Waals surface area contributed by atoms with Gasteiger partial charge in [-0.05, 0) is 6.92 Å². The lowest BCUT2D eigenvalue weighted by Crippen LogP contribution is -2.19. The Morgan fingerprint density at radius 2 is 1.71 bits per heavy atom. The zero-order valence-corrected chi connectivity index (χ0v) is 8.43. The van der Waals surface area contributed by atoms with E-state index in [1.807, 2.05) is 0 Å². The number of hydrogen-bond donors (Lipinski definition) is 4. The van der Waals surface area contributed by atoms with Crippen molar-refractivity contribution in [3.63, 3.8) is 0 Å². The standard InChI is InChI=1S/2C4H9NO2/c1-3(2-5)4(6)7;1-3(5)2-4(6)7/h2*3H,2,5H2,1H3,(H,6,7). The smallest absolute Gasteiger partial charge is 0.307 e. The van der Waals surface area contributed by atoms with Gasteiger partial charge in [0.05, 0.1) is 12.3 Å². The molecule has 0 bridgehead atoms. The number of carboxylic acids is 2. The molecule has 6 nitrogen and oxygen atoms in total. The van der Waals surface area contributed by atoms with Gasteiger partial charge in [-0.15, -0.1) is 0 Å². The highest BCUT2D eigenvalue weighted by Gasteiger charge is 2.05. The molecular weight excluding hydrogens is 188 g/mol. The predicted octanol–water partition coefficient (Wildman–Crippen LogP) is -0.526. The minimum Gasteiger partial charge on any atom is -0.481 e. The molecule has 0 aliphatic rings. The highest BCUT2D eigenvalue weighted by atomic mass is 16.4. The Morgan fingerprint density at radius 3 is 1.71 bits per heavy atom. The van der Waals surface area contributed by atoms with E-state index in [1.165, 1.54) is 0 Å². The van der Waals surface area contributed by atoms with Crippen molar-refractivity contribution >= 4 is 11.9 Å². The van der Waals surface area contributed by atoms with Gasteiger partial charge in [-0.25, -0.2) is 0 Å². The quantitative estimate of drug-likeness (QED) is 0.490. The Kier molecular flexibility index (Phi) is 9.27. The van der Waals surface area contributed by atoms with Crippen molar-refractivity contribution in [3.8, 4) is 0 Å². The van der Waals surface area contributed by atoms with Crippen LogP contribution in [-0.2, 0) is 9.59 Å². The molecular formula is C8H18N2O4. The van der Waals surface area contributed by atoms with E-state index in [4.69, 9.17) is 21.7 Å². The van der Waals surface area contributed by atoms with Gasteiger partial charge in [0.15, 0.2) is 0 Å². The summed E-state index contributed by atoms with van der Waals surface area (Å²) < 4.78 is 0. The van der Waals surface area contributed by atoms with Crippen molar-refractivity contribution in [1.29, 1.82) is 0 Å². The predicted molar refractivity (Wildman–Crippen MR) is 51.8 cm³/mol. The van der Waals surface area contributed by atoms with Crippen LogP contribution in [0.25, 0.3) is 0 Å². The Bertz CT molecular complexity index is 182. The lowest BCUT2D eigenvalue weighted by Gasteiger charge is -1.96. The molecule has 0 aromatic heterocycles. The van der Waals surface area contributed by atoms with Crippen LogP contribution < -0.4 is 11.5 Å². The zero-order chi connectivity index (χ0) is 11.7. The number of nitrogens with two attached hydrogens (primary N) is 2. The van der Waals surface area contributed by atoms with Crippen molar-refractivity contribution in [2.75, 3.05) is 6.54 Å². The molecule has 0 heterocycles. The van der Waals surface area contributed by atoms with Crippen LogP contribution in [0.5, 0.6) is 0 Å². The fourth-order valence-corrected chi connectivity index (χ4v) is 0.376. The first-order valence-corrected chi connectivity index (χ1v) is 4.21. The summed E-state index contributed by atoms with van der Waals surface area (Å²) in [5.74, 6) is -2.07. The lowest BCUT2D eigenvalue weighted by molar-refractivity contribution is -0.141. The average molecular weight is 206 g/mol. The van der Waals surface area contributed by atoms with Crippen molar-refractivity contribution in [2.45, 2.75) is 26.3 Å². The van der Waals surface area contributed by atoms with E-state index in [9.17, 15) is 9.59 Å². The molecule has 0 rings (SSSR count). The number of aliphatic carboxylic acids is 2.